The van der Waals surface area contributed by atoms with Crippen LogP contribution in [0.25, 0.3) is 0 Å². The summed E-state index contributed by atoms with van der Waals surface area (Å²) in [6.07, 6.45) is 1.18. The van der Waals surface area contributed by atoms with Gasteiger partial charge in [-0.1, -0.05) is 13.8 Å². The Balaban J connectivity index is 2.03. The maximum Gasteiger partial charge on any atom is 0.314 e. The maximum atomic E-state index is 12.5. The molecule has 25 heavy (non-hydrogen) atoms. The van der Waals surface area contributed by atoms with Crippen molar-refractivity contribution in [2.45, 2.75) is 52.1 Å². The van der Waals surface area contributed by atoms with Gasteiger partial charge in [-0.3, -0.25) is 9.59 Å². The van der Waals surface area contributed by atoms with Crippen molar-refractivity contribution < 1.29 is 19.8 Å². The summed E-state index contributed by atoms with van der Waals surface area (Å²) in [7, 11) is 0. The number of aromatic nitrogens is 1. The molecule has 1 amide bonds. The molecule has 4 N–H and O–H groups in total. The van der Waals surface area contributed by atoms with Crippen LogP contribution >= 0.6 is 11.3 Å². The number of nitrogens with zero attached hydrogens (tertiary/aromatic N) is 2. The molecule has 0 aliphatic carbocycles. The number of aryl methyl sites for hydroxylation is 1. The smallest absolute Gasteiger partial charge is 0.314 e. The third kappa shape index (κ3) is 4.70. The van der Waals surface area contributed by atoms with Gasteiger partial charge in [-0.2, -0.15) is 0 Å². The number of anilines is 1. The van der Waals surface area contributed by atoms with E-state index in [1.807, 2.05) is 19.2 Å². The van der Waals surface area contributed by atoms with Crippen molar-refractivity contribution >= 4 is 28.3 Å². The fourth-order valence-electron chi connectivity index (χ4n) is 3.23. The number of hydrogen-bond donors (Lipinski definition) is 3. The summed E-state index contributed by atoms with van der Waals surface area (Å²) in [6.45, 7) is 4.49. The molecule has 0 spiro atoms. The van der Waals surface area contributed by atoms with Gasteiger partial charge < -0.3 is 20.8 Å². The maximum absolute atomic E-state index is 12.5. The molecule has 0 unspecified atom stereocenters. The predicted octanol–water partition coefficient (Wildman–Crippen LogP) is 1.76. The highest BCUT2D eigenvalue weighted by Crippen LogP contribution is 2.37. The van der Waals surface area contributed by atoms with Gasteiger partial charge in [-0.15, -0.1) is 11.3 Å². The van der Waals surface area contributed by atoms with Crippen LogP contribution in [0.15, 0.2) is 5.38 Å². The highest BCUT2D eigenvalue weighted by molar-refractivity contribution is 7.13. The first-order chi connectivity index (χ1) is 11.7. The van der Waals surface area contributed by atoms with Crippen molar-refractivity contribution in [3.8, 4) is 0 Å². The number of carbonyl (C=O) groups is 2. The molecule has 1 aliphatic rings. The largest absolute Gasteiger partial charge is 0.481 e. The number of amides is 1. The molecule has 1 aliphatic heterocycles. The van der Waals surface area contributed by atoms with Gasteiger partial charge in [0.2, 0.25) is 5.91 Å². The molecule has 1 aromatic heterocycles. The third-order valence-electron chi connectivity index (χ3n) is 4.89. The molecular formula is C17H27N3O4S. The highest BCUT2D eigenvalue weighted by Gasteiger charge is 2.49. The number of carboxylic acid groups (broad SMARTS) is 1. The van der Waals surface area contributed by atoms with Crippen LogP contribution in [-0.4, -0.2) is 51.2 Å². The van der Waals surface area contributed by atoms with Crippen molar-refractivity contribution in [2.75, 3.05) is 18.8 Å². The normalized spacial score (nSPS) is 23.8. The molecule has 0 radical (unpaired) electrons. The van der Waals surface area contributed by atoms with E-state index in [0.29, 0.717) is 43.3 Å². The zero-order chi connectivity index (χ0) is 18.6. The molecule has 140 valence electrons. The van der Waals surface area contributed by atoms with Crippen LogP contribution in [0.1, 0.15) is 45.2 Å². The van der Waals surface area contributed by atoms with Crippen molar-refractivity contribution in [1.82, 2.24) is 9.88 Å². The number of piperidine rings is 1. The zero-order valence-corrected chi connectivity index (χ0v) is 15.6. The van der Waals surface area contributed by atoms with Gasteiger partial charge in [0.05, 0.1) is 11.8 Å². The number of carbonyl (C=O) groups excluding carboxylic acids is 1. The number of aliphatic carboxylic acids is 1. The number of rotatable bonds is 7. The minimum absolute atomic E-state index is 0.0637. The average Bonchev–Trinajstić information content (AvgIpc) is 2.97. The molecular weight excluding hydrogens is 342 g/mol. The summed E-state index contributed by atoms with van der Waals surface area (Å²) in [4.78, 5) is 30.2. The van der Waals surface area contributed by atoms with Crippen LogP contribution in [0.3, 0.4) is 0 Å². The molecule has 2 heterocycles. The summed E-state index contributed by atoms with van der Waals surface area (Å²) in [5.41, 5.74) is 5.09. The molecule has 0 bridgehead atoms. The molecule has 0 aromatic carbocycles. The monoisotopic (exact) mass is 369 g/mol. The average molecular weight is 369 g/mol. The number of hydrogen-bond acceptors (Lipinski definition) is 6. The Kier molecular flexibility index (Phi) is 6.40. The zero-order valence-electron chi connectivity index (χ0n) is 14.8. The SMILES string of the molecule is CC(C)CC[C@@]1(C(=O)O)CN(C(=O)CCc2csc(N)n2)CC[C@H]1O. The summed E-state index contributed by atoms with van der Waals surface area (Å²) >= 11 is 1.34. The van der Waals surface area contributed by atoms with E-state index in [1.165, 1.54) is 11.3 Å². The lowest BCUT2D eigenvalue weighted by Gasteiger charge is -2.43. The predicted molar refractivity (Wildman–Crippen MR) is 96.2 cm³/mol. The molecule has 1 saturated heterocycles. The van der Waals surface area contributed by atoms with Gasteiger partial charge in [0.15, 0.2) is 5.13 Å². The molecule has 2 rings (SSSR count). The quantitative estimate of drug-likeness (QED) is 0.674. The summed E-state index contributed by atoms with van der Waals surface area (Å²) < 4.78 is 0. The minimum Gasteiger partial charge on any atom is -0.481 e. The number of thiazole rings is 1. The van der Waals surface area contributed by atoms with E-state index in [9.17, 15) is 19.8 Å². The van der Waals surface area contributed by atoms with Crippen LogP contribution in [-0.2, 0) is 16.0 Å². The Morgan fingerprint density at radius 2 is 2.24 bits per heavy atom. The summed E-state index contributed by atoms with van der Waals surface area (Å²) in [5.74, 6) is -0.788. The topological polar surface area (TPSA) is 117 Å². The van der Waals surface area contributed by atoms with E-state index in [1.54, 1.807) is 4.90 Å². The number of aliphatic hydroxyl groups is 1. The molecule has 1 fully saturated rings. The Hall–Kier alpha value is -1.67. The standard InChI is InChI=1S/C17H27N3O4S/c1-11(2)5-7-17(15(23)24)10-20(8-6-13(17)21)14(22)4-3-12-9-25-16(18)19-12/h9,11,13,21H,3-8,10H2,1-2H3,(H2,18,19)(H,23,24)/t13-,17-/m1/s1. The van der Waals surface area contributed by atoms with E-state index in [2.05, 4.69) is 4.98 Å². The van der Waals surface area contributed by atoms with Crippen LogP contribution in [0.4, 0.5) is 5.13 Å². The van der Waals surface area contributed by atoms with E-state index >= 15 is 0 Å². The van der Waals surface area contributed by atoms with E-state index in [-0.39, 0.29) is 18.9 Å². The first-order valence-corrected chi connectivity index (χ1v) is 9.51. The van der Waals surface area contributed by atoms with Crippen molar-refractivity contribution in [3.63, 3.8) is 0 Å². The van der Waals surface area contributed by atoms with Gasteiger partial charge in [0, 0.05) is 24.9 Å². The Morgan fingerprint density at radius 1 is 1.52 bits per heavy atom. The Bertz CT molecular complexity index is 619. The number of likely N-dealkylation sites (tertiary alicyclic amines) is 1. The summed E-state index contributed by atoms with van der Waals surface area (Å²) in [6, 6.07) is 0. The first kappa shape index (κ1) is 19.7. The van der Waals surface area contributed by atoms with Crippen LogP contribution in [0.5, 0.6) is 0 Å². The van der Waals surface area contributed by atoms with Gasteiger partial charge in [0.1, 0.15) is 5.41 Å². The number of carboxylic acids is 1. The van der Waals surface area contributed by atoms with Crippen LogP contribution in [0, 0.1) is 11.3 Å². The van der Waals surface area contributed by atoms with Crippen molar-refractivity contribution in [2.24, 2.45) is 11.3 Å². The molecule has 7 nitrogen and oxygen atoms in total. The molecule has 2 atom stereocenters. The Labute approximate surface area is 151 Å². The first-order valence-electron chi connectivity index (χ1n) is 8.63. The molecule has 0 saturated carbocycles. The van der Waals surface area contributed by atoms with Gasteiger partial charge in [-0.25, -0.2) is 4.98 Å². The third-order valence-corrected chi connectivity index (χ3v) is 5.62. The van der Waals surface area contributed by atoms with Crippen molar-refractivity contribution in [1.29, 1.82) is 0 Å². The lowest BCUT2D eigenvalue weighted by molar-refractivity contribution is -0.167. The van der Waals surface area contributed by atoms with E-state index < -0.39 is 17.5 Å². The van der Waals surface area contributed by atoms with Gasteiger partial charge in [0.25, 0.3) is 0 Å². The molecule has 8 heteroatoms. The van der Waals surface area contributed by atoms with Crippen LogP contribution < -0.4 is 5.73 Å². The second-order valence-electron chi connectivity index (χ2n) is 7.19. The van der Waals surface area contributed by atoms with Crippen molar-refractivity contribution in [3.05, 3.63) is 11.1 Å². The van der Waals surface area contributed by atoms with Crippen LogP contribution in [0.2, 0.25) is 0 Å². The second-order valence-corrected chi connectivity index (χ2v) is 8.08. The Morgan fingerprint density at radius 3 is 2.80 bits per heavy atom. The van der Waals surface area contributed by atoms with E-state index in [0.717, 1.165) is 5.69 Å². The summed E-state index contributed by atoms with van der Waals surface area (Å²) in [5, 5.41) is 22.4. The van der Waals surface area contributed by atoms with Gasteiger partial charge >= 0.3 is 5.97 Å². The fraction of sp³-hybridized carbons (Fsp3) is 0.706. The lowest BCUT2D eigenvalue weighted by atomic mass is 9.72. The number of aliphatic hydroxyl groups excluding tert-OH is 1. The highest BCUT2D eigenvalue weighted by atomic mass is 32.1. The number of nitrogen functional groups attached to an aromatic ring is 1. The molecule has 1 aromatic rings. The fourth-order valence-corrected chi connectivity index (χ4v) is 3.83. The number of nitrogens with two attached hydrogens (primary N) is 1. The minimum atomic E-state index is -1.27. The second kappa shape index (κ2) is 8.14. The lowest BCUT2D eigenvalue weighted by Crippen LogP contribution is -2.57. The van der Waals surface area contributed by atoms with E-state index in [4.69, 9.17) is 5.73 Å². The van der Waals surface area contributed by atoms with Gasteiger partial charge in [-0.05, 0) is 31.6 Å².